The minimum atomic E-state index is -2.94. The van der Waals surface area contributed by atoms with Crippen molar-refractivity contribution in [1.29, 1.82) is 0 Å². The Morgan fingerprint density at radius 2 is 2.19 bits per heavy atom. The van der Waals surface area contributed by atoms with Gasteiger partial charge in [-0.05, 0) is 25.1 Å². The summed E-state index contributed by atoms with van der Waals surface area (Å²) in [6, 6.07) is 4.44. The predicted molar refractivity (Wildman–Crippen MR) is 73.0 cm³/mol. The van der Waals surface area contributed by atoms with E-state index in [1.165, 1.54) is 25.3 Å². The Balaban J connectivity index is 2.17. The number of amides is 1. The molecule has 0 aliphatic carbocycles. The Bertz CT molecular complexity index is 511. The normalized spacial score (nSPS) is 18.7. The van der Waals surface area contributed by atoms with Crippen LogP contribution in [-0.4, -0.2) is 50.2 Å². The Morgan fingerprint density at radius 1 is 1.43 bits per heavy atom. The molecule has 116 valence electrons. The molecule has 0 aromatic heterocycles. The molecule has 0 radical (unpaired) electrons. The minimum Gasteiger partial charge on any atom is -0.493 e. The maximum atomic E-state index is 12.4. The zero-order chi connectivity index (χ0) is 15.4. The van der Waals surface area contributed by atoms with Gasteiger partial charge in [0.2, 0.25) is 0 Å². The molecule has 1 heterocycles. The largest absolute Gasteiger partial charge is 0.493 e. The molecule has 0 spiro atoms. The van der Waals surface area contributed by atoms with Crippen molar-refractivity contribution in [3.63, 3.8) is 0 Å². The molecule has 1 atom stereocenters. The van der Waals surface area contributed by atoms with Gasteiger partial charge in [-0.2, -0.15) is 8.78 Å². The number of carbonyl (C=O) groups is 1. The van der Waals surface area contributed by atoms with Crippen LogP contribution in [-0.2, 0) is 0 Å². The number of hydrogen-bond donors (Lipinski definition) is 1. The van der Waals surface area contributed by atoms with Crippen molar-refractivity contribution < 1.29 is 23.0 Å². The number of methoxy groups -OCH3 is 1. The lowest BCUT2D eigenvalue weighted by Gasteiger charge is -2.32. The molecule has 1 unspecified atom stereocenters. The van der Waals surface area contributed by atoms with Crippen molar-refractivity contribution in [2.75, 3.05) is 26.7 Å². The van der Waals surface area contributed by atoms with Crippen molar-refractivity contribution >= 4 is 5.91 Å². The van der Waals surface area contributed by atoms with Gasteiger partial charge in [0, 0.05) is 31.2 Å². The molecular formula is C14H18F2N2O3. The highest BCUT2D eigenvalue weighted by molar-refractivity contribution is 5.95. The first-order chi connectivity index (χ1) is 10.0. The maximum Gasteiger partial charge on any atom is 0.387 e. The molecule has 1 N–H and O–H groups in total. The van der Waals surface area contributed by atoms with Gasteiger partial charge in [0.1, 0.15) is 0 Å². The van der Waals surface area contributed by atoms with Gasteiger partial charge in [-0.3, -0.25) is 4.79 Å². The molecule has 1 aromatic carbocycles. The van der Waals surface area contributed by atoms with Crippen molar-refractivity contribution in [2.45, 2.75) is 19.6 Å². The van der Waals surface area contributed by atoms with Gasteiger partial charge in [-0.15, -0.1) is 0 Å². The molecule has 1 aromatic rings. The average Bonchev–Trinajstić information content (AvgIpc) is 2.46. The molecule has 0 bridgehead atoms. The van der Waals surface area contributed by atoms with Crippen LogP contribution < -0.4 is 14.8 Å². The van der Waals surface area contributed by atoms with E-state index in [-0.39, 0.29) is 23.4 Å². The Hall–Kier alpha value is -1.89. The Kier molecular flexibility index (Phi) is 4.95. The molecule has 1 aliphatic rings. The summed E-state index contributed by atoms with van der Waals surface area (Å²) < 4.78 is 33.9. The van der Waals surface area contributed by atoms with Crippen molar-refractivity contribution in [3.8, 4) is 11.5 Å². The second-order valence-corrected chi connectivity index (χ2v) is 4.85. The number of piperazine rings is 1. The lowest BCUT2D eigenvalue weighted by Crippen LogP contribution is -2.51. The molecule has 1 fully saturated rings. The summed E-state index contributed by atoms with van der Waals surface area (Å²) >= 11 is 0. The number of nitrogens with one attached hydrogen (secondary N) is 1. The van der Waals surface area contributed by atoms with Crippen molar-refractivity contribution in [1.82, 2.24) is 10.2 Å². The van der Waals surface area contributed by atoms with E-state index in [2.05, 4.69) is 10.1 Å². The number of alkyl halides is 2. The first kappa shape index (κ1) is 15.5. The molecule has 7 heteroatoms. The molecule has 1 amide bonds. The van der Waals surface area contributed by atoms with Crippen LogP contribution in [0.1, 0.15) is 17.3 Å². The molecule has 1 aliphatic heterocycles. The number of benzene rings is 1. The summed E-state index contributed by atoms with van der Waals surface area (Å²) in [4.78, 5) is 14.1. The molecule has 1 saturated heterocycles. The van der Waals surface area contributed by atoms with Crippen molar-refractivity contribution in [2.24, 2.45) is 0 Å². The van der Waals surface area contributed by atoms with Crippen LogP contribution in [0.15, 0.2) is 18.2 Å². The van der Waals surface area contributed by atoms with Gasteiger partial charge in [0.25, 0.3) is 5.91 Å². The summed E-state index contributed by atoms with van der Waals surface area (Å²) in [7, 11) is 1.34. The number of hydrogen-bond acceptors (Lipinski definition) is 4. The smallest absolute Gasteiger partial charge is 0.387 e. The molecule has 0 saturated carbocycles. The fraction of sp³-hybridized carbons (Fsp3) is 0.500. The molecule has 2 rings (SSSR count). The summed E-state index contributed by atoms with van der Waals surface area (Å²) in [5.74, 6) is -0.118. The van der Waals surface area contributed by atoms with Crippen LogP contribution in [0.25, 0.3) is 0 Å². The Labute approximate surface area is 121 Å². The van der Waals surface area contributed by atoms with Gasteiger partial charge in [0.05, 0.1) is 7.11 Å². The van der Waals surface area contributed by atoms with E-state index in [1.807, 2.05) is 6.92 Å². The second kappa shape index (κ2) is 6.71. The SMILES string of the molecule is COc1cc(C(=O)N2CCNC(C)C2)ccc1OC(F)F. The molecular weight excluding hydrogens is 282 g/mol. The number of nitrogens with zero attached hydrogens (tertiary/aromatic N) is 1. The molecule has 5 nitrogen and oxygen atoms in total. The zero-order valence-electron chi connectivity index (χ0n) is 11.9. The van der Waals surface area contributed by atoms with E-state index in [4.69, 9.17) is 4.74 Å². The van der Waals surface area contributed by atoms with E-state index in [0.29, 0.717) is 18.7 Å². The number of halogens is 2. The summed E-state index contributed by atoms with van der Waals surface area (Å²) in [5.41, 5.74) is 0.391. The lowest BCUT2D eigenvalue weighted by molar-refractivity contribution is -0.0512. The summed E-state index contributed by atoms with van der Waals surface area (Å²) in [6.07, 6.45) is 0. The second-order valence-electron chi connectivity index (χ2n) is 4.85. The quantitative estimate of drug-likeness (QED) is 0.920. The monoisotopic (exact) mass is 300 g/mol. The van der Waals surface area contributed by atoms with Crippen LogP contribution in [0.4, 0.5) is 8.78 Å². The van der Waals surface area contributed by atoms with Gasteiger partial charge >= 0.3 is 6.61 Å². The van der Waals surface area contributed by atoms with Gasteiger partial charge in [-0.1, -0.05) is 0 Å². The third kappa shape index (κ3) is 3.81. The van der Waals surface area contributed by atoms with Crippen LogP contribution in [0.2, 0.25) is 0 Å². The number of rotatable bonds is 4. The highest BCUT2D eigenvalue weighted by Gasteiger charge is 2.23. The van der Waals surface area contributed by atoms with E-state index >= 15 is 0 Å². The third-order valence-corrected chi connectivity index (χ3v) is 3.28. The average molecular weight is 300 g/mol. The number of ether oxygens (including phenoxy) is 2. The Morgan fingerprint density at radius 3 is 2.81 bits per heavy atom. The topological polar surface area (TPSA) is 50.8 Å². The van der Waals surface area contributed by atoms with Crippen molar-refractivity contribution in [3.05, 3.63) is 23.8 Å². The predicted octanol–water partition coefficient (Wildman–Crippen LogP) is 1.73. The first-order valence-corrected chi connectivity index (χ1v) is 6.66. The zero-order valence-corrected chi connectivity index (χ0v) is 11.9. The lowest BCUT2D eigenvalue weighted by atomic mass is 10.1. The van der Waals surface area contributed by atoms with Crippen LogP contribution >= 0.6 is 0 Å². The summed E-state index contributed by atoms with van der Waals surface area (Å²) in [5, 5.41) is 3.25. The van der Waals surface area contributed by atoms with Gasteiger partial charge < -0.3 is 19.7 Å². The van der Waals surface area contributed by atoms with E-state index < -0.39 is 6.61 Å². The number of carbonyl (C=O) groups excluding carboxylic acids is 1. The minimum absolute atomic E-state index is 0.0854. The fourth-order valence-electron chi connectivity index (χ4n) is 2.29. The van der Waals surface area contributed by atoms with Crippen LogP contribution in [0, 0.1) is 0 Å². The van der Waals surface area contributed by atoms with Crippen LogP contribution in [0.5, 0.6) is 11.5 Å². The first-order valence-electron chi connectivity index (χ1n) is 6.66. The molecule has 21 heavy (non-hydrogen) atoms. The van der Waals surface area contributed by atoms with Gasteiger partial charge in [-0.25, -0.2) is 0 Å². The fourth-order valence-corrected chi connectivity index (χ4v) is 2.29. The standard InChI is InChI=1S/C14H18F2N2O3/c1-9-8-18(6-5-17-9)13(19)10-3-4-11(21-14(15)16)12(7-10)20-2/h3-4,7,9,14,17H,5-6,8H2,1-2H3. The van der Waals surface area contributed by atoms with E-state index in [9.17, 15) is 13.6 Å². The van der Waals surface area contributed by atoms with Crippen LogP contribution in [0.3, 0.4) is 0 Å². The maximum absolute atomic E-state index is 12.4. The van der Waals surface area contributed by atoms with E-state index in [0.717, 1.165) is 6.54 Å². The highest BCUT2D eigenvalue weighted by atomic mass is 19.3. The highest BCUT2D eigenvalue weighted by Crippen LogP contribution is 2.30. The van der Waals surface area contributed by atoms with E-state index in [1.54, 1.807) is 4.90 Å². The third-order valence-electron chi connectivity index (χ3n) is 3.28. The van der Waals surface area contributed by atoms with Gasteiger partial charge in [0.15, 0.2) is 11.5 Å². The summed E-state index contributed by atoms with van der Waals surface area (Å²) in [6.45, 7) is 1.02.